The summed E-state index contributed by atoms with van der Waals surface area (Å²) < 4.78 is 66.0. The van der Waals surface area contributed by atoms with E-state index < -0.39 is 22.9 Å². The van der Waals surface area contributed by atoms with Gasteiger partial charge < -0.3 is 20.1 Å². The van der Waals surface area contributed by atoms with Gasteiger partial charge in [0.25, 0.3) is 0 Å². The zero-order chi connectivity index (χ0) is 28.9. The molecular weight excluding hydrogens is 554 g/mol. The number of aromatic nitrogens is 3. The smallest absolute Gasteiger partial charge is 0.201 e. The van der Waals surface area contributed by atoms with Crippen molar-refractivity contribution in [3.8, 4) is 28.3 Å². The second-order valence-corrected chi connectivity index (χ2v) is 10.2. The SMILES string of the molecule is CCOc1cc(-c2cccc(C(F)CCN[SH](=O)=O)c2F)cc2c(N3CCOCC3)nc(-c3ccc(N)nc3)nc12. The molecule has 1 aliphatic rings. The monoisotopic (exact) mass is 584 g/mol. The molecule has 0 saturated carbocycles. The summed E-state index contributed by atoms with van der Waals surface area (Å²) in [7, 11) is -2.86. The Morgan fingerprint density at radius 1 is 1.15 bits per heavy atom. The molecule has 1 unspecified atom stereocenters. The van der Waals surface area contributed by atoms with Crippen molar-refractivity contribution in [3.63, 3.8) is 0 Å². The van der Waals surface area contributed by atoms with Gasteiger partial charge in [0, 0.05) is 47.9 Å². The Labute approximate surface area is 237 Å². The van der Waals surface area contributed by atoms with Crippen LogP contribution in [0, 0.1) is 5.82 Å². The van der Waals surface area contributed by atoms with Crippen molar-refractivity contribution in [2.24, 2.45) is 0 Å². The summed E-state index contributed by atoms with van der Waals surface area (Å²) in [4.78, 5) is 16.0. The minimum atomic E-state index is -2.86. The molecule has 2 aromatic carbocycles. The van der Waals surface area contributed by atoms with Crippen molar-refractivity contribution >= 4 is 33.4 Å². The third-order valence-corrected chi connectivity index (χ3v) is 7.20. The average Bonchev–Trinajstić information content (AvgIpc) is 2.97. The summed E-state index contributed by atoms with van der Waals surface area (Å²) in [6, 6.07) is 11.4. The molecule has 216 valence electrons. The summed E-state index contributed by atoms with van der Waals surface area (Å²) in [5, 5.41) is 0.644. The van der Waals surface area contributed by atoms with Gasteiger partial charge in [0.05, 0.1) is 19.8 Å². The molecule has 41 heavy (non-hydrogen) atoms. The number of rotatable bonds is 10. The number of morpholine rings is 1. The molecule has 1 atom stereocenters. The fourth-order valence-electron chi connectivity index (χ4n) is 4.74. The summed E-state index contributed by atoms with van der Waals surface area (Å²) in [6.45, 7) is 4.26. The zero-order valence-corrected chi connectivity index (χ0v) is 23.2. The lowest BCUT2D eigenvalue weighted by Crippen LogP contribution is -2.37. The van der Waals surface area contributed by atoms with E-state index in [2.05, 4.69) is 14.6 Å². The number of nitrogen functional groups attached to an aromatic ring is 1. The molecular formula is C28H30F2N6O4S. The second kappa shape index (κ2) is 12.7. The predicted molar refractivity (Wildman–Crippen MR) is 154 cm³/mol. The van der Waals surface area contributed by atoms with Crippen molar-refractivity contribution in [1.82, 2.24) is 19.7 Å². The number of anilines is 2. The average molecular weight is 585 g/mol. The topological polar surface area (TPSA) is 133 Å². The first kappa shape index (κ1) is 28.6. The normalized spacial score (nSPS) is 14.5. The highest BCUT2D eigenvalue weighted by Crippen LogP contribution is 2.39. The van der Waals surface area contributed by atoms with E-state index in [4.69, 9.17) is 25.2 Å². The molecule has 1 fully saturated rings. The second-order valence-electron chi connectivity index (χ2n) is 9.38. The van der Waals surface area contributed by atoms with Gasteiger partial charge in [-0.2, -0.15) is 0 Å². The van der Waals surface area contributed by atoms with Crippen LogP contribution in [-0.4, -0.2) is 62.8 Å². The number of thiol groups is 1. The molecule has 0 bridgehead atoms. The van der Waals surface area contributed by atoms with Crippen LogP contribution in [0.2, 0.25) is 0 Å². The van der Waals surface area contributed by atoms with E-state index in [1.165, 1.54) is 6.07 Å². The summed E-state index contributed by atoms with van der Waals surface area (Å²) in [5.74, 6) is 1.13. The summed E-state index contributed by atoms with van der Waals surface area (Å²) >= 11 is 0. The van der Waals surface area contributed by atoms with Gasteiger partial charge in [-0.25, -0.2) is 36.9 Å². The standard InChI is InChI=1S/C28H30F2N6O4S/c1-2-40-23-15-18(19-4-3-5-20(25(19)30)22(29)8-9-33-41(37)38)14-21-26(23)34-27(17-6-7-24(31)32-16-17)35-28(21)36-10-12-39-13-11-36/h3-7,14-16,22,41H,2,8-13H2,1H3,(H2,31,32)(H,33,37,38). The van der Waals surface area contributed by atoms with Gasteiger partial charge in [0.2, 0.25) is 10.9 Å². The van der Waals surface area contributed by atoms with Crippen LogP contribution >= 0.6 is 0 Å². The van der Waals surface area contributed by atoms with Gasteiger partial charge >= 0.3 is 0 Å². The lowest BCUT2D eigenvalue weighted by molar-refractivity contribution is 0.122. The summed E-state index contributed by atoms with van der Waals surface area (Å²) in [6.07, 6.45) is -0.302. The zero-order valence-electron chi connectivity index (χ0n) is 22.3. The van der Waals surface area contributed by atoms with Gasteiger partial charge in [-0.3, -0.25) is 0 Å². The molecule has 3 heterocycles. The number of hydrogen-bond donors (Lipinski definition) is 3. The van der Waals surface area contributed by atoms with E-state index in [9.17, 15) is 12.8 Å². The van der Waals surface area contributed by atoms with E-state index in [-0.39, 0.29) is 24.1 Å². The highest BCUT2D eigenvalue weighted by molar-refractivity contribution is 7.70. The van der Waals surface area contributed by atoms with Crippen LogP contribution in [0.25, 0.3) is 33.4 Å². The Hall–Kier alpha value is -3.94. The third kappa shape index (κ3) is 6.37. The molecule has 0 aliphatic carbocycles. The van der Waals surface area contributed by atoms with E-state index in [1.54, 1.807) is 42.6 Å². The van der Waals surface area contributed by atoms with Crippen LogP contribution < -0.4 is 20.1 Å². The van der Waals surface area contributed by atoms with E-state index in [0.29, 0.717) is 78.1 Å². The fourth-order valence-corrected chi connectivity index (χ4v) is 5.05. The van der Waals surface area contributed by atoms with Gasteiger partial charge in [0.15, 0.2) is 5.82 Å². The van der Waals surface area contributed by atoms with Crippen molar-refractivity contribution in [1.29, 1.82) is 0 Å². The number of nitrogens with one attached hydrogen (secondary N) is 1. The number of halogens is 2. The lowest BCUT2D eigenvalue weighted by Gasteiger charge is -2.29. The highest BCUT2D eigenvalue weighted by atomic mass is 32.2. The molecule has 1 aliphatic heterocycles. The number of alkyl halides is 1. The van der Waals surface area contributed by atoms with Crippen molar-refractivity contribution in [2.45, 2.75) is 19.5 Å². The molecule has 3 N–H and O–H groups in total. The predicted octanol–water partition coefficient (Wildman–Crippen LogP) is 3.83. The molecule has 5 rings (SSSR count). The minimum absolute atomic E-state index is 0.139. The highest BCUT2D eigenvalue weighted by Gasteiger charge is 2.23. The van der Waals surface area contributed by atoms with Crippen LogP contribution in [0.5, 0.6) is 5.75 Å². The Morgan fingerprint density at radius 2 is 1.95 bits per heavy atom. The molecule has 10 nitrogen and oxygen atoms in total. The number of nitrogens with two attached hydrogens (primary N) is 1. The number of pyridine rings is 1. The minimum Gasteiger partial charge on any atom is -0.492 e. The Balaban J connectivity index is 1.66. The first-order valence-corrected chi connectivity index (χ1v) is 14.4. The van der Waals surface area contributed by atoms with Crippen LogP contribution in [0.4, 0.5) is 20.4 Å². The van der Waals surface area contributed by atoms with Crippen LogP contribution in [-0.2, 0) is 15.6 Å². The number of nitrogens with zero attached hydrogens (tertiary/aromatic N) is 4. The number of fused-ring (bicyclic) bond motifs is 1. The Kier molecular flexibility index (Phi) is 8.86. The van der Waals surface area contributed by atoms with E-state index in [1.807, 2.05) is 6.92 Å². The molecule has 1 saturated heterocycles. The van der Waals surface area contributed by atoms with Crippen LogP contribution in [0.15, 0.2) is 48.7 Å². The van der Waals surface area contributed by atoms with Crippen molar-refractivity contribution in [3.05, 3.63) is 60.0 Å². The van der Waals surface area contributed by atoms with Gasteiger partial charge in [0.1, 0.15) is 34.9 Å². The number of ether oxygens (including phenoxy) is 2. The lowest BCUT2D eigenvalue weighted by atomic mass is 9.97. The third-order valence-electron chi connectivity index (χ3n) is 6.72. The van der Waals surface area contributed by atoms with Crippen LogP contribution in [0.3, 0.4) is 0 Å². The molecule has 0 spiro atoms. The van der Waals surface area contributed by atoms with Crippen LogP contribution in [0.1, 0.15) is 25.1 Å². The maximum atomic E-state index is 15.8. The van der Waals surface area contributed by atoms with E-state index in [0.717, 1.165) is 0 Å². The molecule has 13 heteroatoms. The van der Waals surface area contributed by atoms with Gasteiger partial charge in [-0.05, 0) is 43.2 Å². The Morgan fingerprint density at radius 3 is 2.66 bits per heavy atom. The molecule has 4 aromatic rings. The van der Waals surface area contributed by atoms with Gasteiger partial charge in [-0.15, -0.1) is 0 Å². The maximum Gasteiger partial charge on any atom is 0.201 e. The maximum absolute atomic E-state index is 15.8. The fraction of sp³-hybridized carbons (Fsp3) is 0.321. The number of hydrogen-bond acceptors (Lipinski definition) is 9. The quantitative estimate of drug-likeness (QED) is 0.238. The molecule has 0 radical (unpaired) electrons. The van der Waals surface area contributed by atoms with Crippen molar-refractivity contribution < 1.29 is 26.7 Å². The molecule has 2 aromatic heterocycles. The summed E-state index contributed by atoms with van der Waals surface area (Å²) in [5.41, 5.74) is 7.48. The van der Waals surface area contributed by atoms with E-state index >= 15 is 4.39 Å². The van der Waals surface area contributed by atoms with Crippen molar-refractivity contribution in [2.75, 3.05) is 50.1 Å². The Bertz CT molecular complexity index is 1610. The number of benzene rings is 2. The largest absolute Gasteiger partial charge is 0.492 e. The first-order valence-electron chi connectivity index (χ1n) is 13.2. The molecule has 0 amide bonds. The first-order chi connectivity index (χ1) is 19.9. The van der Waals surface area contributed by atoms with Gasteiger partial charge in [-0.1, -0.05) is 18.2 Å².